The highest BCUT2D eigenvalue weighted by Crippen LogP contribution is 2.13. The van der Waals surface area contributed by atoms with E-state index in [1.165, 1.54) is 16.7 Å². The molecule has 0 aliphatic rings. The zero-order valence-electron chi connectivity index (χ0n) is 10.0. The molecule has 1 heterocycles. The van der Waals surface area contributed by atoms with Crippen LogP contribution in [0.5, 0.6) is 0 Å². The molecule has 0 saturated heterocycles. The van der Waals surface area contributed by atoms with E-state index in [1.54, 1.807) is 6.07 Å². The summed E-state index contributed by atoms with van der Waals surface area (Å²) in [7, 11) is 0. The highest BCUT2D eigenvalue weighted by molar-refractivity contribution is 5.92. The lowest BCUT2D eigenvalue weighted by Gasteiger charge is -2.03. The van der Waals surface area contributed by atoms with Crippen LogP contribution in [0, 0.1) is 0 Å². The van der Waals surface area contributed by atoms with Gasteiger partial charge in [0.15, 0.2) is 0 Å². The second-order valence-corrected chi connectivity index (χ2v) is 4.04. The molecule has 0 bridgehead atoms. The van der Waals surface area contributed by atoms with Gasteiger partial charge in [0.25, 0.3) is 0 Å². The average Bonchev–Trinajstić information content (AvgIpc) is 2.69. The number of carbonyl (C=O) groups is 2. The third-order valence-electron chi connectivity index (χ3n) is 2.81. The fourth-order valence-corrected chi connectivity index (χ4v) is 1.92. The number of aromatic amines is 1. The third kappa shape index (κ3) is 2.65. The number of aromatic carboxylic acids is 1. The minimum atomic E-state index is -1.04. The van der Waals surface area contributed by atoms with E-state index >= 15 is 0 Å². The number of nitrogens with one attached hydrogen (secondary N) is 2. The first-order valence-corrected chi connectivity index (χ1v) is 5.76. The van der Waals surface area contributed by atoms with E-state index in [0.717, 1.165) is 0 Å². The molecule has 1 aromatic heterocycles. The van der Waals surface area contributed by atoms with Gasteiger partial charge in [-0.3, -0.25) is 9.36 Å². The van der Waals surface area contributed by atoms with Crippen molar-refractivity contribution >= 4 is 23.4 Å². The molecule has 0 radical (unpaired) electrons. The van der Waals surface area contributed by atoms with Crippen LogP contribution in [-0.2, 0) is 11.3 Å². The van der Waals surface area contributed by atoms with Gasteiger partial charge in [0.1, 0.15) is 0 Å². The Balaban J connectivity index is 2.29. The molecule has 2 rings (SSSR count). The zero-order chi connectivity index (χ0) is 13.8. The van der Waals surface area contributed by atoms with Crippen LogP contribution >= 0.6 is 0 Å². The third-order valence-corrected chi connectivity index (χ3v) is 2.81. The minimum Gasteiger partial charge on any atom is -0.478 e. The quantitative estimate of drug-likeness (QED) is 0.510. The maximum absolute atomic E-state index is 11.8. The first-order chi connectivity index (χ1) is 9.13. The molecule has 0 unspecified atom stereocenters. The zero-order valence-corrected chi connectivity index (χ0v) is 10.0. The predicted octanol–water partition coefficient (Wildman–Crippen LogP) is 0.164. The molecule has 2 aromatic rings. The summed E-state index contributed by atoms with van der Waals surface area (Å²) in [6, 6.07) is 4.49. The predicted molar refractivity (Wildman–Crippen MR) is 68.2 cm³/mol. The maximum atomic E-state index is 11.8. The normalized spacial score (nSPS) is 10.5. The van der Waals surface area contributed by atoms with E-state index in [9.17, 15) is 14.4 Å². The Kier molecular flexibility index (Phi) is 3.65. The number of amides is 1. The molecule has 0 fully saturated rings. The summed E-state index contributed by atoms with van der Waals surface area (Å²) in [5.41, 5.74) is 0.988. The van der Waals surface area contributed by atoms with E-state index in [1.807, 2.05) is 0 Å². The number of carbonyl (C=O) groups excluding carboxylic acids is 1. The molecule has 1 amide bonds. The first kappa shape index (κ1) is 12.9. The number of hydrogen-bond acceptors (Lipinski definition) is 3. The molecule has 3 N–H and O–H groups in total. The lowest BCUT2D eigenvalue weighted by molar-refractivity contribution is -0.109. The van der Waals surface area contributed by atoms with Crippen LogP contribution < -0.4 is 11.0 Å². The van der Waals surface area contributed by atoms with Crippen molar-refractivity contribution in [1.82, 2.24) is 14.9 Å². The van der Waals surface area contributed by atoms with Crippen LogP contribution in [0.25, 0.3) is 11.0 Å². The van der Waals surface area contributed by atoms with Gasteiger partial charge in [-0.25, -0.2) is 9.59 Å². The van der Waals surface area contributed by atoms with Gasteiger partial charge in [0.05, 0.1) is 16.6 Å². The second kappa shape index (κ2) is 5.38. The number of benzene rings is 1. The van der Waals surface area contributed by atoms with Crippen LogP contribution in [0.4, 0.5) is 0 Å². The summed E-state index contributed by atoms with van der Waals surface area (Å²) < 4.78 is 1.52. The Morgan fingerprint density at radius 3 is 2.95 bits per heavy atom. The summed E-state index contributed by atoms with van der Waals surface area (Å²) in [6.07, 6.45) is 1.23. The Morgan fingerprint density at radius 2 is 2.26 bits per heavy atom. The number of H-pyrrole nitrogens is 1. The first-order valence-electron chi connectivity index (χ1n) is 5.76. The highest BCUT2D eigenvalue weighted by atomic mass is 16.4. The smallest absolute Gasteiger partial charge is 0.335 e. The number of aromatic nitrogens is 2. The van der Waals surface area contributed by atoms with Crippen LogP contribution in [0.15, 0.2) is 23.0 Å². The molecule has 0 atom stereocenters. The minimum absolute atomic E-state index is 0.128. The van der Waals surface area contributed by atoms with Crippen molar-refractivity contribution in [2.24, 2.45) is 0 Å². The average molecular weight is 263 g/mol. The second-order valence-electron chi connectivity index (χ2n) is 4.04. The number of hydrogen-bond donors (Lipinski definition) is 3. The van der Waals surface area contributed by atoms with Crippen LogP contribution in [0.2, 0.25) is 0 Å². The molecule has 0 spiro atoms. The molecule has 100 valence electrons. The number of rotatable bonds is 6. The van der Waals surface area contributed by atoms with E-state index in [-0.39, 0.29) is 11.3 Å². The van der Waals surface area contributed by atoms with Crippen molar-refractivity contribution in [3.8, 4) is 0 Å². The highest BCUT2D eigenvalue weighted by Gasteiger charge is 2.09. The van der Waals surface area contributed by atoms with Gasteiger partial charge in [-0.1, -0.05) is 0 Å². The molecule has 0 saturated carbocycles. The van der Waals surface area contributed by atoms with Crippen molar-refractivity contribution in [1.29, 1.82) is 0 Å². The number of carboxylic acid groups (broad SMARTS) is 1. The van der Waals surface area contributed by atoms with Crippen molar-refractivity contribution in [3.05, 3.63) is 34.2 Å². The lowest BCUT2D eigenvalue weighted by atomic mass is 10.2. The number of imidazole rings is 1. The molecular formula is C12H13N3O4. The number of carboxylic acids is 1. The van der Waals surface area contributed by atoms with Crippen LogP contribution in [0.1, 0.15) is 16.8 Å². The lowest BCUT2D eigenvalue weighted by Crippen LogP contribution is -2.20. The van der Waals surface area contributed by atoms with Crippen LogP contribution in [0.3, 0.4) is 0 Å². The van der Waals surface area contributed by atoms with Gasteiger partial charge in [-0.2, -0.15) is 0 Å². The topological polar surface area (TPSA) is 104 Å². The molecule has 7 nitrogen and oxygen atoms in total. The Bertz CT molecular complexity index is 671. The SMILES string of the molecule is O=CNCCCn1c(=O)[nH]c2cc(C(=O)O)ccc21. The summed E-state index contributed by atoms with van der Waals surface area (Å²) in [4.78, 5) is 35.3. The van der Waals surface area contributed by atoms with E-state index in [2.05, 4.69) is 10.3 Å². The van der Waals surface area contributed by atoms with Crippen molar-refractivity contribution in [2.75, 3.05) is 6.54 Å². The van der Waals surface area contributed by atoms with E-state index in [4.69, 9.17) is 5.11 Å². The number of aryl methyl sites for hydroxylation is 1. The molecule has 1 aromatic carbocycles. The van der Waals surface area contributed by atoms with Crippen molar-refractivity contribution in [2.45, 2.75) is 13.0 Å². The standard InChI is InChI=1S/C12H13N3O4/c16-7-13-4-1-5-15-10-3-2-8(11(17)18)6-9(10)14-12(15)19/h2-3,6-7H,1,4-5H2,(H,13,16)(H,14,19)(H,17,18). The Labute approximate surface area is 107 Å². The molecule has 0 aliphatic heterocycles. The van der Waals surface area contributed by atoms with Gasteiger partial charge < -0.3 is 15.4 Å². The molecule has 19 heavy (non-hydrogen) atoms. The van der Waals surface area contributed by atoms with E-state index < -0.39 is 5.97 Å². The van der Waals surface area contributed by atoms with Crippen LogP contribution in [-0.4, -0.2) is 33.6 Å². The van der Waals surface area contributed by atoms with Gasteiger partial charge in [0, 0.05) is 13.1 Å². The number of fused-ring (bicyclic) bond motifs is 1. The monoisotopic (exact) mass is 263 g/mol. The Hall–Kier alpha value is -2.57. The fraction of sp³-hybridized carbons (Fsp3) is 0.250. The fourth-order valence-electron chi connectivity index (χ4n) is 1.92. The van der Waals surface area contributed by atoms with Gasteiger partial charge in [0.2, 0.25) is 6.41 Å². The van der Waals surface area contributed by atoms with Gasteiger partial charge in [-0.15, -0.1) is 0 Å². The van der Waals surface area contributed by atoms with Gasteiger partial charge in [-0.05, 0) is 24.6 Å². The molecule has 7 heteroatoms. The Morgan fingerprint density at radius 1 is 1.47 bits per heavy atom. The summed E-state index contributed by atoms with van der Waals surface area (Å²) in [5.74, 6) is -1.04. The van der Waals surface area contributed by atoms with Crippen molar-refractivity contribution in [3.63, 3.8) is 0 Å². The largest absolute Gasteiger partial charge is 0.478 e. The van der Waals surface area contributed by atoms with E-state index in [0.29, 0.717) is 37.0 Å². The van der Waals surface area contributed by atoms with Gasteiger partial charge >= 0.3 is 11.7 Å². The maximum Gasteiger partial charge on any atom is 0.335 e. The number of nitrogens with zero attached hydrogens (tertiary/aromatic N) is 1. The van der Waals surface area contributed by atoms with Crippen molar-refractivity contribution < 1.29 is 14.7 Å². The summed E-state index contributed by atoms with van der Waals surface area (Å²) in [5, 5.41) is 11.4. The molecular weight excluding hydrogens is 250 g/mol. The summed E-state index contributed by atoms with van der Waals surface area (Å²) in [6.45, 7) is 0.932. The summed E-state index contributed by atoms with van der Waals surface area (Å²) >= 11 is 0. The molecule has 0 aliphatic carbocycles.